The molecular weight excluding hydrogens is 673 g/mol. The van der Waals surface area contributed by atoms with Crippen LogP contribution >= 0.6 is 0 Å². The normalized spacial score (nSPS) is 14.1. The first-order chi connectivity index (χ1) is 26.3. The zero-order valence-corrected chi connectivity index (χ0v) is 30.2. The molecule has 8 rings (SSSR count). The summed E-state index contributed by atoms with van der Waals surface area (Å²) in [5.41, 5.74) is 9.37. The molecule has 1 heterocycles. The van der Waals surface area contributed by atoms with E-state index in [1.165, 1.54) is 39.6 Å². The molecule has 5 aromatic carbocycles. The lowest BCUT2D eigenvalue weighted by Crippen LogP contribution is -2.32. The molecule has 270 valence electrons. The highest BCUT2D eigenvalue weighted by molar-refractivity contribution is 6.11. The van der Waals surface area contributed by atoms with Crippen molar-refractivity contribution in [3.8, 4) is 0 Å². The number of aliphatic carboxylic acids is 1. The lowest BCUT2D eigenvalue weighted by Gasteiger charge is -2.25. The molecule has 2 aliphatic carbocycles. The van der Waals surface area contributed by atoms with Crippen LogP contribution in [-0.2, 0) is 35.4 Å². The topological polar surface area (TPSA) is 125 Å². The van der Waals surface area contributed by atoms with Crippen LogP contribution in [0.15, 0.2) is 114 Å². The molecule has 0 atom stereocenters. The maximum atomic E-state index is 13.0. The summed E-state index contributed by atoms with van der Waals surface area (Å²) >= 11 is 0. The number of anilines is 2. The second kappa shape index (κ2) is 16.0. The number of nitrogens with one attached hydrogen (secondary N) is 1. The third-order valence-corrected chi connectivity index (χ3v) is 10.3. The van der Waals surface area contributed by atoms with E-state index in [1.54, 1.807) is 29.3 Å². The van der Waals surface area contributed by atoms with E-state index in [2.05, 4.69) is 40.8 Å². The Hall–Kier alpha value is -6.54. The summed E-state index contributed by atoms with van der Waals surface area (Å²) in [6.45, 7) is 2.48. The standard InChI is InChI=1S/C26H23N3O.C20H19NO3/c27-28-16-17-8-10-19(11-9-17)26(30)29-25-7-3-6-21-23-13-12-18-4-1-2-5-20(18)22(23)14-15-24(21)25;1-2-14-7-5-6-10-18(14)21-13-16-9-4-3-8-15(16)11-17(20(21)24)12-19(22)23/h3-4,6-13,15-16H,1-2,5,14,27H2,(H,29,30);3-11H,2,12-13H2,1H3,(H,22,23). The molecular formula is C46H42N4O4. The Morgan fingerprint density at radius 3 is 2.48 bits per heavy atom. The number of carboxylic acid groups (broad SMARTS) is 1. The first-order valence-corrected chi connectivity index (χ1v) is 18.3. The number of hydrogen-bond donors (Lipinski definition) is 3. The van der Waals surface area contributed by atoms with Crippen LogP contribution in [0.25, 0.3) is 18.2 Å². The van der Waals surface area contributed by atoms with Crippen molar-refractivity contribution in [1.29, 1.82) is 0 Å². The largest absolute Gasteiger partial charge is 0.481 e. The molecule has 2 amide bonds. The van der Waals surface area contributed by atoms with Crippen molar-refractivity contribution in [2.75, 3.05) is 10.2 Å². The number of carboxylic acids is 1. The van der Waals surface area contributed by atoms with Crippen LogP contribution in [0.4, 0.5) is 11.4 Å². The van der Waals surface area contributed by atoms with Crippen LogP contribution in [0, 0.1) is 10.4 Å². The zero-order valence-electron chi connectivity index (χ0n) is 30.2. The molecule has 4 N–H and O–H groups in total. The fraction of sp³-hybridized carbons (Fsp3) is 0.174. The number of nitrogens with zero attached hydrogens (tertiary/aromatic N) is 2. The highest BCUT2D eigenvalue weighted by atomic mass is 16.4. The van der Waals surface area contributed by atoms with Crippen LogP contribution in [0.3, 0.4) is 0 Å². The number of amides is 2. The summed E-state index contributed by atoms with van der Waals surface area (Å²) in [6.07, 6.45) is 12.8. The van der Waals surface area contributed by atoms with Gasteiger partial charge in [-0.25, -0.2) is 0 Å². The molecule has 0 saturated heterocycles. The maximum Gasteiger partial charge on any atom is 0.308 e. The number of benzene rings is 5. The summed E-state index contributed by atoms with van der Waals surface area (Å²) in [4.78, 5) is 38.7. The van der Waals surface area contributed by atoms with E-state index in [4.69, 9.17) is 10.9 Å². The number of hydrogen-bond acceptors (Lipinski definition) is 5. The maximum absolute atomic E-state index is 13.0. The highest BCUT2D eigenvalue weighted by Gasteiger charge is 2.27. The monoisotopic (exact) mass is 714 g/mol. The van der Waals surface area contributed by atoms with Crippen molar-refractivity contribution in [3.63, 3.8) is 0 Å². The third kappa shape index (κ3) is 7.50. The molecule has 8 nitrogen and oxygen atoms in total. The minimum Gasteiger partial charge on any atom is -0.481 e. The van der Waals surface area contributed by atoms with Crippen molar-refractivity contribution < 1.29 is 19.5 Å². The quantitative estimate of drug-likeness (QED) is 0.0993. The number of aryl methyl sites for hydroxylation is 1. The van der Waals surface area contributed by atoms with E-state index < -0.39 is 5.97 Å². The SMILES string of the molecule is CCc1ccccc1N1Cc2ccccc2C=C(CC(=O)O)C1=O.NN=Cc1ccc(C(=O)Nc2cccc3c2=CCc2c4c(ccc2=3)=CCCC4)cc1. The van der Waals surface area contributed by atoms with Crippen LogP contribution in [0.1, 0.15) is 69.9 Å². The lowest BCUT2D eigenvalue weighted by molar-refractivity contribution is -0.136. The van der Waals surface area contributed by atoms with Gasteiger partial charge in [0, 0.05) is 27.7 Å². The minimum absolute atomic E-state index is 0.126. The van der Waals surface area contributed by atoms with Gasteiger partial charge in [-0.15, -0.1) is 0 Å². The van der Waals surface area contributed by atoms with Gasteiger partial charge in [-0.3, -0.25) is 14.4 Å². The Bertz CT molecular complexity index is 2560. The smallest absolute Gasteiger partial charge is 0.308 e. The van der Waals surface area contributed by atoms with E-state index >= 15 is 0 Å². The summed E-state index contributed by atoms with van der Waals surface area (Å²) < 4.78 is 0. The fourth-order valence-corrected chi connectivity index (χ4v) is 7.59. The van der Waals surface area contributed by atoms with Crippen molar-refractivity contribution in [2.24, 2.45) is 10.9 Å². The Morgan fingerprint density at radius 2 is 1.69 bits per heavy atom. The molecule has 3 aliphatic rings. The van der Waals surface area contributed by atoms with Gasteiger partial charge in [0.05, 0.1) is 19.2 Å². The molecule has 0 aromatic heterocycles. The average Bonchev–Trinajstić information content (AvgIpc) is 3.33. The van der Waals surface area contributed by atoms with E-state index in [9.17, 15) is 14.4 Å². The Morgan fingerprint density at radius 1 is 0.889 bits per heavy atom. The Kier molecular flexibility index (Phi) is 10.6. The molecule has 0 spiro atoms. The van der Waals surface area contributed by atoms with Gasteiger partial charge >= 0.3 is 5.97 Å². The fourth-order valence-electron chi connectivity index (χ4n) is 7.59. The lowest BCUT2D eigenvalue weighted by atomic mass is 9.88. The highest BCUT2D eigenvalue weighted by Crippen LogP contribution is 2.30. The zero-order chi connectivity index (χ0) is 37.6. The number of carbonyl (C=O) groups excluding carboxylic acids is 2. The molecule has 0 bridgehead atoms. The van der Waals surface area contributed by atoms with Gasteiger partial charge < -0.3 is 21.2 Å². The molecule has 0 fully saturated rings. The predicted molar refractivity (Wildman–Crippen MR) is 215 cm³/mol. The molecule has 54 heavy (non-hydrogen) atoms. The summed E-state index contributed by atoms with van der Waals surface area (Å²) in [6, 6.07) is 33.3. The first kappa shape index (κ1) is 35.8. The first-order valence-electron chi connectivity index (χ1n) is 18.3. The third-order valence-electron chi connectivity index (χ3n) is 10.3. The second-order valence-electron chi connectivity index (χ2n) is 13.6. The van der Waals surface area contributed by atoms with Crippen molar-refractivity contribution in [2.45, 2.75) is 52.0 Å². The number of hydrazone groups is 1. The van der Waals surface area contributed by atoms with Gasteiger partial charge in [-0.05, 0) is 111 Å². The van der Waals surface area contributed by atoms with Crippen LogP contribution in [-0.4, -0.2) is 29.1 Å². The van der Waals surface area contributed by atoms with Crippen LogP contribution in [0.2, 0.25) is 0 Å². The van der Waals surface area contributed by atoms with Crippen LogP contribution < -0.4 is 26.5 Å². The molecule has 0 unspecified atom stereocenters. The Labute approximate surface area is 314 Å². The van der Waals surface area contributed by atoms with Gasteiger partial charge in [-0.2, -0.15) is 5.10 Å². The predicted octanol–water partition coefficient (Wildman–Crippen LogP) is 6.63. The van der Waals surface area contributed by atoms with E-state index in [1.807, 2.05) is 79.7 Å². The van der Waals surface area contributed by atoms with Crippen LogP contribution in [0.5, 0.6) is 0 Å². The average molecular weight is 715 g/mol. The molecule has 0 radical (unpaired) electrons. The summed E-state index contributed by atoms with van der Waals surface area (Å²) in [7, 11) is 0. The number of para-hydroxylation sites is 1. The number of rotatable bonds is 7. The summed E-state index contributed by atoms with van der Waals surface area (Å²) in [5.74, 6) is 3.81. The molecule has 0 saturated carbocycles. The molecule has 1 aliphatic heterocycles. The van der Waals surface area contributed by atoms with Gasteiger partial charge in [-0.1, -0.05) is 97.9 Å². The molecule has 5 aromatic rings. The number of carbonyl (C=O) groups is 3. The number of fused-ring (bicyclic) bond motifs is 5. The molecule has 8 heteroatoms. The summed E-state index contributed by atoms with van der Waals surface area (Å²) in [5, 5.41) is 20.8. The van der Waals surface area contributed by atoms with Gasteiger partial charge in [0.2, 0.25) is 0 Å². The minimum atomic E-state index is -1.00. The van der Waals surface area contributed by atoms with E-state index in [0.717, 1.165) is 58.1 Å². The van der Waals surface area contributed by atoms with Crippen molar-refractivity contribution >= 4 is 53.6 Å². The van der Waals surface area contributed by atoms with Gasteiger partial charge in [0.15, 0.2) is 0 Å². The van der Waals surface area contributed by atoms with E-state index in [0.29, 0.717) is 17.7 Å². The van der Waals surface area contributed by atoms with Gasteiger partial charge in [0.1, 0.15) is 0 Å². The Balaban J connectivity index is 0.000000171. The van der Waals surface area contributed by atoms with Gasteiger partial charge in [0.25, 0.3) is 11.8 Å². The number of nitrogens with two attached hydrogens (primary N) is 1. The van der Waals surface area contributed by atoms with E-state index in [-0.39, 0.29) is 18.2 Å². The van der Waals surface area contributed by atoms with Crippen molar-refractivity contribution in [1.82, 2.24) is 0 Å². The van der Waals surface area contributed by atoms with Crippen molar-refractivity contribution in [3.05, 3.63) is 169 Å². The second-order valence-corrected chi connectivity index (χ2v) is 13.6.